The molecule has 6 heteroatoms. The molecule has 0 aliphatic heterocycles. The van der Waals surface area contributed by atoms with E-state index in [-0.39, 0.29) is 37.8 Å². The Morgan fingerprint density at radius 1 is 0.893 bits per heavy atom. The Hall–Kier alpha value is -1.91. The van der Waals surface area contributed by atoms with Gasteiger partial charge >= 0.3 is 0 Å². The van der Waals surface area contributed by atoms with Gasteiger partial charge in [0.25, 0.3) is 0 Å². The van der Waals surface area contributed by atoms with Crippen LogP contribution in [0.5, 0.6) is 0 Å². The molecule has 1 aromatic heterocycles. The summed E-state index contributed by atoms with van der Waals surface area (Å²) in [5, 5.41) is 8.86. The third-order valence-electron chi connectivity index (χ3n) is 5.60. The van der Waals surface area contributed by atoms with E-state index >= 15 is 0 Å². The molecular formula is C22H22F2IrN3-. The van der Waals surface area contributed by atoms with Crippen LogP contribution in [0.25, 0.3) is 22.8 Å². The van der Waals surface area contributed by atoms with Crippen molar-refractivity contribution in [2.24, 2.45) is 11.8 Å². The average molecular weight is 559 g/mol. The predicted molar refractivity (Wildman–Crippen MR) is 101 cm³/mol. The first-order chi connectivity index (χ1) is 13.0. The van der Waals surface area contributed by atoms with E-state index in [9.17, 15) is 8.78 Å². The molecule has 3 aromatic rings. The van der Waals surface area contributed by atoms with Gasteiger partial charge in [-0.3, -0.25) is 4.39 Å². The van der Waals surface area contributed by atoms with Gasteiger partial charge < -0.3 is 4.57 Å². The average Bonchev–Trinajstić information content (AvgIpc) is 3.07. The van der Waals surface area contributed by atoms with Gasteiger partial charge in [-0.25, -0.2) is 4.39 Å². The van der Waals surface area contributed by atoms with E-state index in [1.165, 1.54) is 30.7 Å². The van der Waals surface area contributed by atoms with E-state index in [2.05, 4.69) is 34.7 Å². The van der Waals surface area contributed by atoms with Crippen molar-refractivity contribution in [3.05, 3.63) is 60.2 Å². The van der Waals surface area contributed by atoms with Crippen LogP contribution in [0.1, 0.15) is 39.2 Å². The molecule has 0 amide bonds. The fourth-order valence-electron chi connectivity index (χ4n) is 4.27. The Labute approximate surface area is 177 Å². The number of rotatable bonds is 3. The van der Waals surface area contributed by atoms with Gasteiger partial charge in [-0.05, 0) is 48.9 Å². The van der Waals surface area contributed by atoms with E-state index in [4.69, 9.17) is 0 Å². The molecule has 0 bridgehead atoms. The summed E-state index contributed by atoms with van der Waals surface area (Å²) in [5.74, 6) is 1.71. The Morgan fingerprint density at radius 3 is 2.11 bits per heavy atom. The fourth-order valence-corrected chi connectivity index (χ4v) is 4.27. The molecule has 1 aliphatic carbocycles. The van der Waals surface area contributed by atoms with Crippen LogP contribution in [0.2, 0.25) is 0 Å². The molecule has 3 nitrogen and oxygen atoms in total. The second kappa shape index (κ2) is 8.62. The molecule has 2 unspecified atom stereocenters. The summed E-state index contributed by atoms with van der Waals surface area (Å²) in [6.45, 7) is 4.51. The zero-order valence-electron chi connectivity index (χ0n) is 15.8. The van der Waals surface area contributed by atoms with E-state index < -0.39 is 0 Å². The Balaban J connectivity index is 0.00000225. The van der Waals surface area contributed by atoms with Gasteiger partial charge in [0.2, 0.25) is 0 Å². The van der Waals surface area contributed by atoms with Crippen LogP contribution in [0, 0.1) is 29.5 Å². The molecule has 4 rings (SSSR count). The standard InChI is InChI=1S/C22H22F2N3.Ir/c1-14-4-3-5-15(2)20(14)27-21(16-6-10-18(23)11-7-16)25-26-22(27)17-8-12-19(24)13-9-17;/h6-8,10-15,20H,3-5H2,1-2H3;/q-1;. The monoisotopic (exact) mass is 559 g/mol. The summed E-state index contributed by atoms with van der Waals surface area (Å²) in [5.41, 5.74) is 1.53. The number of nitrogens with zero attached hydrogens (tertiary/aromatic N) is 3. The number of aromatic nitrogens is 3. The third kappa shape index (κ3) is 3.94. The van der Waals surface area contributed by atoms with Gasteiger partial charge in [0.05, 0.1) is 5.82 Å². The summed E-state index contributed by atoms with van der Waals surface area (Å²) >= 11 is 0. The molecule has 2 aromatic carbocycles. The molecule has 28 heavy (non-hydrogen) atoms. The number of hydrogen-bond acceptors (Lipinski definition) is 2. The molecule has 0 spiro atoms. The van der Waals surface area contributed by atoms with E-state index in [0.29, 0.717) is 29.0 Å². The molecule has 1 heterocycles. The van der Waals surface area contributed by atoms with Gasteiger partial charge in [0.15, 0.2) is 5.82 Å². The molecule has 0 N–H and O–H groups in total. The van der Waals surface area contributed by atoms with E-state index in [0.717, 1.165) is 18.4 Å². The second-order valence-corrected chi connectivity index (χ2v) is 7.52. The maximum atomic E-state index is 13.4. The maximum Gasteiger partial charge on any atom is 0.155 e. The van der Waals surface area contributed by atoms with Crippen LogP contribution in [0.15, 0.2) is 42.5 Å². The van der Waals surface area contributed by atoms with Crippen molar-refractivity contribution < 1.29 is 28.9 Å². The van der Waals surface area contributed by atoms with Crippen molar-refractivity contribution in [3.63, 3.8) is 0 Å². The van der Waals surface area contributed by atoms with Gasteiger partial charge in [0, 0.05) is 37.5 Å². The Bertz CT molecular complexity index is 849. The number of halogens is 2. The van der Waals surface area contributed by atoms with E-state index in [1.54, 1.807) is 18.2 Å². The molecule has 149 valence electrons. The number of hydrogen-bond donors (Lipinski definition) is 0. The SMILES string of the molecule is CC1CCCC(C)C1n1c(-c2[c-]cc(F)cc2)nnc1-c1ccc(F)cc1.[Ir]. The third-order valence-corrected chi connectivity index (χ3v) is 5.60. The van der Waals surface area contributed by atoms with Gasteiger partial charge in [-0.2, -0.15) is 5.10 Å². The van der Waals surface area contributed by atoms with Crippen LogP contribution in [0.4, 0.5) is 8.78 Å². The minimum atomic E-state index is -0.331. The molecular weight excluding hydrogens is 536 g/mol. The zero-order valence-corrected chi connectivity index (χ0v) is 18.2. The molecule has 1 fully saturated rings. The summed E-state index contributed by atoms with van der Waals surface area (Å²) in [4.78, 5) is 0. The van der Waals surface area contributed by atoms with Crippen LogP contribution < -0.4 is 0 Å². The fraction of sp³-hybridized carbons (Fsp3) is 0.364. The second-order valence-electron chi connectivity index (χ2n) is 7.52. The maximum absolute atomic E-state index is 13.4. The largest absolute Gasteiger partial charge is 0.344 e. The summed E-state index contributed by atoms with van der Waals surface area (Å²) in [6, 6.07) is 13.9. The minimum Gasteiger partial charge on any atom is -0.344 e. The minimum absolute atomic E-state index is 0. The van der Waals surface area contributed by atoms with Crippen LogP contribution in [0.3, 0.4) is 0 Å². The topological polar surface area (TPSA) is 30.7 Å². The van der Waals surface area contributed by atoms with Gasteiger partial charge in [0.1, 0.15) is 5.82 Å². The Morgan fingerprint density at radius 2 is 1.50 bits per heavy atom. The molecule has 2 atom stereocenters. The van der Waals surface area contributed by atoms with Crippen LogP contribution >= 0.6 is 0 Å². The predicted octanol–water partition coefficient (Wildman–Crippen LogP) is 5.69. The van der Waals surface area contributed by atoms with E-state index in [1.807, 2.05) is 0 Å². The molecule has 1 aliphatic rings. The number of benzene rings is 2. The van der Waals surface area contributed by atoms with Gasteiger partial charge in [-0.15, -0.1) is 34.9 Å². The molecule has 1 radical (unpaired) electrons. The van der Waals surface area contributed by atoms with Crippen LogP contribution in [-0.4, -0.2) is 14.8 Å². The molecule has 1 saturated carbocycles. The first-order valence-electron chi connectivity index (χ1n) is 9.43. The molecule has 0 saturated heterocycles. The normalized spacial score (nSPS) is 21.9. The summed E-state index contributed by atoms with van der Waals surface area (Å²) < 4.78 is 28.9. The van der Waals surface area contributed by atoms with Crippen molar-refractivity contribution >= 4 is 0 Å². The van der Waals surface area contributed by atoms with Crippen molar-refractivity contribution in [2.45, 2.75) is 39.2 Å². The first-order valence-corrected chi connectivity index (χ1v) is 9.43. The summed E-state index contributed by atoms with van der Waals surface area (Å²) in [7, 11) is 0. The zero-order chi connectivity index (χ0) is 19.0. The Kier molecular flexibility index (Phi) is 6.41. The quantitative estimate of drug-likeness (QED) is 0.387. The van der Waals surface area contributed by atoms with Crippen molar-refractivity contribution in [3.8, 4) is 22.8 Å². The van der Waals surface area contributed by atoms with Crippen molar-refractivity contribution in [2.75, 3.05) is 0 Å². The first kappa shape index (κ1) is 20.8. The van der Waals surface area contributed by atoms with Crippen molar-refractivity contribution in [1.82, 2.24) is 14.8 Å². The van der Waals surface area contributed by atoms with Crippen molar-refractivity contribution in [1.29, 1.82) is 0 Å². The smallest absolute Gasteiger partial charge is 0.155 e. The van der Waals surface area contributed by atoms with Gasteiger partial charge in [-0.1, -0.05) is 20.3 Å². The summed E-state index contributed by atoms with van der Waals surface area (Å²) in [6.07, 6.45) is 3.50. The van der Waals surface area contributed by atoms with Crippen LogP contribution in [-0.2, 0) is 20.1 Å².